The Morgan fingerprint density at radius 2 is 0.855 bits per heavy atom. The van der Waals surface area contributed by atoms with Gasteiger partial charge in [0.05, 0.1) is 5.69 Å². The highest BCUT2D eigenvalue weighted by Crippen LogP contribution is 2.52. The Morgan fingerprint density at radius 1 is 0.319 bits per heavy atom. The van der Waals surface area contributed by atoms with Crippen LogP contribution in [-0.4, -0.2) is 0 Å². The average molecular weight is 878 g/mol. The standard InChI is InChI=1S/C67H43NO/c1-67(2)59-26-11-9-22-51(59)52-36-33-44(39-60(52)67)68(61-27-14-25-55-53-23-10-12-28-62(53)69-66(55)61)43-32-35-50-57(38-43)49-21-6-5-19-47(49)45-17-3-4-18-46(45)48-20-7-8-24-54(48)65-56-34-31-41-16-13-15-40-29-30-42(37-58(50)65)64(56)63(40)41/h3-39H,1-2H3. The van der Waals surface area contributed by atoms with E-state index in [0.717, 1.165) is 39.0 Å². The van der Waals surface area contributed by atoms with E-state index >= 15 is 0 Å². The lowest BCUT2D eigenvalue weighted by Crippen LogP contribution is -2.16. The first-order valence-corrected chi connectivity index (χ1v) is 24.1. The summed E-state index contributed by atoms with van der Waals surface area (Å²) in [5.74, 6) is 0. The third-order valence-corrected chi connectivity index (χ3v) is 15.6. The van der Waals surface area contributed by atoms with Crippen LogP contribution >= 0.6 is 0 Å². The topological polar surface area (TPSA) is 16.4 Å². The third kappa shape index (κ3) is 5.37. The number of furan rings is 1. The van der Waals surface area contributed by atoms with Gasteiger partial charge < -0.3 is 9.32 Å². The van der Waals surface area contributed by atoms with Gasteiger partial charge in [0.15, 0.2) is 5.58 Å². The molecule has 0 fully saturated rings. The molecule has 13 aromatic carbocycles. The normalized spacial score (nSPS) is 13.2. The molecule has 0 radical (unpaired) electrons. The van der Waals surface area contributed by atoms with Crippen molar-refractivity contribution in [2.45, 2.75) is 19.3 Å². The molecule has 0 atom stereocenters. The van der Waals surface area contributed by atoms with Crippen molar-refractivity contribution < 1.29 is 4.42 Å². The zero-order valence-electron chi connectivity index (χ0n) is 38.2. The minimum atomic E-state index is -0.183. The van der Waals surface area contributed by atoms with Crippen molar-refractivity contribution in [1.29, 1.82) is 0 Å². The SMILES string of the molecule is CC1(C)c2ccccc2-c2ccc(N(c3ccc4c(c3)c3ccccc3c3ccccc3c3ccccc3c3c4cc4ccc5cccc6ccc3c4c56)c3cccc4c3oc3ccccc34)cc21. The molecule has 0 spiro atoms. The Balaban J connectivity index is 1.13. The average Bonchev–Trinajstić information content (AvgIpc) is 3.89. The van der Waals surface area contributed by atoms with E-state index in [-0.39, 0.29) is 5.41 Å². The molecule has 1 aromatic heterocycles. The molecule has 0 N–H and O–H groups in total. The fraction of sp³-hybridized carbons (Fsp3) is 0.0448. The summed E-state index contributed by atoms with van der Waals surface area (Å²) in [5.41, 5.74) is 9.97. The van der Waals surface area contributed by atoms with Crippen LogP contribution in [0.3, 0.4) is 0 Å². The number of fused-ring (bicyclic) bond motifs is 17. The highest BCUT2D eigenvalue weighted by Gasteiger charge is 2.36. The van der Waals surface area contributed by atoms with Crippen LogP contribution in [0.5, 0.6) is 0 Å². The van der Waals surface area contributed by atoms with Gasteiger partial charge in [-0.3, -0.25) is 0 Å². The molecule has 69 heavy (non-hydrogen) atoms. The molecule has 0 aliphatic heterocycles. The molecule has 0 amide bonds. The van der Waals surface area contributed by atoms with Crippen LogP contribution in [0.25, 0.3) is 119 Å². The van der Waals surface area contributed by atoms with Crippen LogP contribution in [-0.2, 0) is 5.41 Å². The van der Waals surface area contributed by atoms with Crippen LogP contribution in [0, 0.1) is 0 Å². The molecular formula is C67H43NO. The predicted molar refractivity (Wildman–Crippen MR) is 295 cm³/mol. The van der Waals surface area contributed by atoms with Crippen LogP contribution < -0.4 is 4.90 Å². The third-order valence-electron chi connectivity index (χ3n) is 15.6. The Kier molecular flexibility index (Phi) is 7.87. The minimum Gasteiger partial charge on any atom is -0.454 e. The fourth-order valence-corrected chi connectivity index (χ4v) is 12.5. The van der Waals surface area contributed by atoms with Crippen molar-refractivity contribution >= 4 is 125 Å². The molecule has 322 valence electrons. The van der Waals surface area contributed by atoms with Crippen molar-refractivity contribution in [3.05, 3.63) is 236 Å². The number of benzene rings is 12. The Hall–Kier alpha value is -8.72. The number of nitrogens with zero attached hydrogens (tertiary/aromatic N) is 1. The lowest BCUT2D eigenvalue weighted by Gasteiger charge is -2.28. The van der Waals surface area contributed by atoms with E-state index in [9.17, 15) is 0 Å². The maximum Gasteiger partial charge on any atom is 0.159 e. The summed E-state index contributed by atoms with van der Waals surface area (Å²) < 4.78 is 6.90. The molecule has 0 unspecified atom stereocenters. The summed E-state index contributed by atoms with van der Waals surface area (Å²) in [6.07, 6.45) is 0. The fourth-order valence-electron chi connectivity index (χ4n) is 12.5. The first-order chi connectivity index (χ1) is 34.0. The van der Waals surface area contributed by atoms with Crippen molar-refractivity contribution in [3.63, 3.8) is 0 Å². The van der Waals surface area contributed by atoms with Gasteiger partial charge in [0.2, 0.25) is 0 Å². The Labute approximate surface area is 398 Å². The zero-order chi connectivity index (χ0) is 45.5. The van der Waals surface area contributed by atoms with Gasteiger partial charge in [0, 0.05) is 27.6 Å². The van der Waals surface area contributed by atoms with E-state index in [2.05, 4.69) is 243 Å². The quantitative estimate of drug-likeness (QED) is 0.164. The van der Waals surface area contributed by atoms with Gasteiger partial charge in [0.25, 0.3) is 0 Å². The summed E-state index contributed by atoms with van der Waals surface area (Å²) in [4.78, 5) is 2.44. The second-order valence-corrected chi connectivity index (χ2v) is 19.5. The molecule has 0 saturated heterocycles. The zero-order valence-corrected chi connectivity index (χ0v) is 38.2. The molecule has 2 heteroatoms. The van der Waals surface area contributed by atoms with Gasteiger partial charge in [-0.25, -0.2) is 0 Å². The number of rotatable bonds is 3. The molecule has 1 aliphatic rings. The monoisotopic (exact) mass is 877 g/mol. The summed E-state index contributed by atoms with van der Waals surface area (Å²) in [5, 5.41) is 22.0. The van der Waals surface area contributed by atoms with Crippen molar-refractivity contribution in [2.24, 2.45) is 0 Å². The first-order valence-electron chi connectivity index (χ1n) is 24.1. The summed E-state index contributed by atoms with van der Waals surface area (Å²) in [7, 11) is 0. The van der Waals surface area contributed by atoms with Gasteiger partial charge in [0.1, 0.15) is 5.58 Å². The van der Waals surface area contributed by atoms with E-state index < -0.39 is 0 Å². The highest BCUT2D eigenvalue weighted by atomic mass is 16.3. The molecule has 15 rings (SSSR count). The van der Waals surface area contributed by atoms with Crippen molar-refractivity contribution in [2.75, 3.05) is 4.90 Å². The van der Waals surface area contributed by atoms with E-state index in [1.165, 1.54) is 108 Å². The number of para-hydroxylation sites is 2. The van der Waals surface area contributed by atoms with E-state index in [1.807, 2.05) is 0 Å². The highest BCUT2D eigenvalue weighted by molar-refractivity contribution is 6.37. The van der Waals surface area contributed by atoms with Crippen LogP contribution in [0.15, 0.2) is 229 Å². The summed E-state index contributed by atoms with van der Waals surface area (Å²) in [6.45, 7) is 4.73. The molecule has 0 bridgehead atoms. The summed E-state index contributed by atoms with van der Waals surface area (Å²) >= 11 is 0. The Morgan fingerprint density at radius 3 is 1.62 bits per heavy atom. The summed E-state index contributed by atoms with van der Waals surface area (Å²) in [6, 6.07) is 83.7. The molecule has 14 aromatic rings. The lowest BCUT2D eigenvalue weighted by atomic mass is 9.82. The minimum absolute atomic E-state index is 0.183. The molecule has 0 saturated carbocycles. The van der Waals surface area contributed by atoms with Crippen LogP contribution in [0.2, 0.25) is 0 Å². The van der Waals surface area contributed by atoms with Crippen molar-refractivity contribution in [3.8, 4) is 11.1 Å². The predicted octanol–water partition coefficient (Wildman–Crippen LogP) is 19.1. The smallest absolute Gasteiger partial charge is 0.159 e. The number of hydrogen-bond donors (Lipinski definition) is 0. The maximum absolute atomic E-state index is 6.90. The van der Waals surface area contributed by atoms with E-state index in [1.54, 1.807) is 0 Å². The van der Waals surface area contributed by atoms with Gasteiger partial charge in [-0.05, 0) is 151 Å². The molecular weight excluding hydrogens is 835 g/mol. The molecule has 1 aliphatic carbocycles. The second kappa shape index (κ2) is 14.2. The Bertz CT molecular complexity index is 4580. The molecule has 1 heterocycles. The number of hydrogen-bond acceptors (Lipinski definition) is 2. The van der Waals surface area contributed by atoms with E-state index in [4.69, 9.17) is 4.42 Å². The first kappa shape index (κ1) is 38.4. The van der Waals surface area contributed by atoms with Crippen molar-refractivity contribution in [1.82, 2.24) is 0 Å². The lowest BCUT2D eigenvalue weighted by molar-refractivity contribution is 0.660. The maximum atomic E-state index is 6.90. The molecule has 2 nitrogen and oxygen atoms in total. The van der Waals surface area contributed by atoms with Gasteiger partial charge in [-0.1, -0.05) is 196 Å². The van der Waals surface area contributed by atoms with E-state index in [0.29, 0.717) is 0 Å². The van der Waals surface area contributed by atoms with Gasteiger partial charge in [-0.2, -0.15) is 0 Å². The van der Waals surface area contributed by atoms with Gasteiger partial charge >= 0.3 is 0 Å². The van der Waals surface area contributed by atoms with Crippen LogP contribution in [0.4, 0.5) is 17.1 Å². The largest absolute Gasteiger partial charge is 0.454 e. The number of anilines is 3. The van der Waals surface area contributed by atoms with Gasteiger partial charge in [-0.15, -0.1) is 0 Å². The van der Waals surface area contributed by atoms with Crippen LogP contribution in [0.1, 0.15) is 25.0 Å². The second-order valence-electron chi connectivity index (χ2n) is 19.5.